The van der Waals surface area contributed by atoms with Gasteiger partial charge in [0.15, 0.2) is 0 Å². The first kappa shape index (κ1) is 7.81. The molecule has 1 nitrogen and oxygen atoms in total. The van der Waals surface area contributed by atoms with Crippen LogP contribution in [0, 0.1) is 0 Å². The van der Waals surface area contributed by atoms with Gasteiger partial charge >= 0.3 is 0 Å². The minimum Gasteiger partial charge on any atom is -0.385 e. The van der Waals surface area contributed by atoms with Crippen LogP contribution in [-0.2, 0) is 5.60 Å². The van der Waals surface area contributed by atoms with E-state index in [-0.39, 0.29) is 0 Å². The second-order valence-electron chi connectivity index (χ2n) is 3.59. The van der Waals surface area contributed by atoms with Gasteiger partial charge in [0.2, 0.25) is 0 Å². The van der Waals surface area contributed by atoms with Gasteiger partial charge in [0, 0.05) is 5.92 Å². The molecule has 0 aromatic heterocycles. The predicted octanol–water partition coefficient (Wildman–Crippen LogP) is 2.40. The molecule has 0 amide bonds. The third kappa shape index (κ3) is 0.721. The van der Waals surface area contributed by atoms with Crippen LogP contribution in [0.1, 0.15) is 37.3 Å². The first-order valence-corrected chi connectivity index (χ1v) is 4.52. The topological polar surface area (TPSA) is 20.2 Å². The molecule has 0 fully saturated rings. The monoisotopic (exact) mass is 162 g/mol. The van der Waals surface area contributed by atoms with Gasteiger partial charge in [-0.1, -0.05) is 38.1 Å². The van der Waals surface area contributed by atoms with Gasteiger partial charge in [-0.15, -0.1) is 0 Å². The molecule has 1 N–H and O–H groups in total. The quantitative estimate of drug-likeness (QED) is 0.672. The Morgan fingerprint density at radius 1 is 1.42 bits per heavy atom. The highest BCUT2D eigenvalue weighted by Gasteiger charge is 2.45. The van der Waals surface area contributed by atoms with Crippen molar-refractivity contribution in [2.45, 2.75) is 31.8 Å². The molecule has 0 spiro atoms. The molecule has 0 saturated heterocycles. The Hall–Kier alpha value is -0.820. The molecule has 0 heterocycles. The molecule has 1 aromatic rings. The number of hydrogen-bond acceptors (Lipinski definition) is 1. The molecule has 0 bridgehead atoms. The lowest BCUT2D eigenvalue weighted by Gasteiger charge is -2.45. The average Bonchev–Trinajstić information content (AvgIpc) is 2.16. The third-order valence-electron chi connectivity index (χ3n) is 3.15. The zero-order valence-electron chi connectivity index (χ0n) is 7.54. The van der Waals surface area contributed by atoms with Crippen molar-refractivity contribution in [1.29, 1.82) is 0 Å². The fraction of sp³-hybridized carbons (Fsp3) is 0.455. The van der Waals surface area contributed by atoms with Crippen molar-refractivity contribution < 1.29 is 5.11 Å². The van der Waals surface area contributed by atoms with Crippen molar-refractivity contribution in [3.8, 4) is 0 Å². The van der Waals surface area contributed by atoms with E-state index in [4.69, 9.17) is 0 Å². The van der Waals surface area contributed by atoms with Crippen LogP contribution in [0.15, 0.2) is 24.3 Å². The van der Waals surface area contributed by atoms with Gasteiger partial charge in [-0.2, -0.15) is 0 Å². The molecule has 0 unspecified atom stereocenters. The molecule has 2 rings (SSSR count). The van der Waals surface area contributed by atoms with Gasteiger partial charge in [0.25, 0.3) is 0 Å². The Morgan fingerprint density at radius 2 is 2.08 bits per heavy atom. The first-order chi connectivity index (χ1) is 5.70. The van der Waals surface area contributed by atoms with Crippen molar-refractivity contribution >= 4 is 0 Å². The maximum Gasteiger partial charge on any atom is 0.0962 e. The highest BCUT2D eigenvalue weighted by atomic mass is 16.3. The summed E-state index contributed by atoms with van der Waals surface area (Å²) in [5, 5.41) is 10.1. The Morgan fingerprint density at radius 3 is 2.75 bits per heavy atom. The molecule has 12 heavy (non-hydrogen) atoms. The van der Waals surface area contributed by atoms with Gasteiger partial charge in [0.05, 0.1) is 5.60 Å². The van der Waals surface area contributed by atoms with E-state index in [1.807, 2.05) is 25.1 Å². The van der Waals surface area contributed by atoms with Crippen molar-refractivity contribution in [3.63, 3.8) is 0 Å². The fourth-order valence-electron chi connectivity index (χ4n) is 2.18. The molecule has 0 radical (unpaired) electrons. The highest BCUT2D eigenvalue weighted by Crippen LogP contribution is 2.51. The zero-order valence-corrected chi connectivity index (χ0v) is 7.54. The molecule has 2 atom stereocenters. The van der Waals surface area contributed by atoms with Crippen LogP contribution in [0.2, 0.25) is 0 Å². The van der Waals surface area contributed by atoms with E-state index in [1.165, 1.54) is 5.56 Å². The Labute approximate surface area is 73.0 Å². The highest BCUT2D eigenvalue weighted by molar-refractivity contribution is 5.46. The minimum atomic E-state index is -0.545. The smallest absolute Gasteiger partial charge is 0.0962 e. The summed E-state index contributed by atoms with van der Waals surface area (Å²) in [6.07, 6.45) is 0.811. The lowest BCUT2D eigenvalue weighted by molar-refractivity contribution is -0.0184. The average molecular weight is 162 g/mol. The van der Waals surface area contributed by atoms with E-state index in [2.05, 4.69) is 13.0 Å². The summed E-state index contributed by atoms with van der Waals surface area (Å²) in [6, 6.07) is 8.15. The number of aliphatic hydroxyl groups is 1. The van der Waals surface area contributed by atoms with Crippen molar-refractivity contribution in [1.82, 2.24) is 0 Å². The van der Waals surface area contributed by atoms with Crippen LogP contribution < -0.4 is 0 Å². The van der Waals surface area contributed by atoms with Crippen molar-refractivity contribution in [3.05, 3.63) is 35.4 Å². The normalized spacial score (nSPS) is 32.4. The van der Waals surface area contributed by atoms with E-state index in [0.717, 1.165) is 12.0 Å². The molecule has 1 aromatic carbocycles. The van der Waals surface area contributed by atoms with Crippen LogP contribution in [-0.4, -0.2) is 5.11 Å². The number of fused-ring (bicyclic) bond motifs is 1. The second kappa shape index (κ2) is 2.33. The molecule has 1 heteroatoms. The van der Waals surface area contributed by atoms with E-state index in [0.29, 0.717) is 5.92 Å². The largest absolute Gasteiger partial charge is 0.385 e. The predicted molar refractivity (Wildman–Crippen MR) is 49.0 cm³/mol. The molecule has 1 aliphatic carbocycles. The summed E-state index contributed by atoms with van der Waals surface area (Å²) >= 11 is 0. The van der Waals surface area contributed by atoms with E-state index >= 15 is 0 Å². The Balaban J connectivity index is 2.50. The number of hydrogen-bond donors (Lipinski definition) is 1. The summed E-state index contributed by atoms with van der Waals surface area (Å²) in [4.78, 5) is 0. The standard InChI is InChI=1S/C11H14O/c1-3-11(12)8(2)9-6-4-5-7-10(9)11/h4-8,12H,3H2,1-2H3/t8-,11+/m1/s1. The Kier molecular flexibility index (Phi) is 1.52. The summed E-state index contributed by atoms with van der Waals surface area (Å²) in [7, 11) is 0. The summed E-state index contributed by atoms with van der Waals surface area (Å²) in [5.41, 5.74) is 1.89. The molecule has 64 valence electrons. The molecule has 0 aliphatic heterocycles. The van der Waals surface area contributed by atoms with Gasteiger partial charge in [0.1, 0.15) is 0 Å². The van der Waals surface area contributed by atoms with Crippen LogP contribution >= 0.6 is 0 Å². The summed E-state index contributed by atoms with van der Waals surface area (Å²) in [5.74, 6) is 0.304. The molecule has 0 saturated carbocycles. The van der Waals surface area contributed by atoms with E-state index < -0.39 is 5.60 Å². The maximum atomic E-state index is 10.1. The summed E-state index contributed by atoms with van der Waals surface area (Å²) < 4.78 is 0. The van der Waals surface area contributed by atoms with E-state index in [9.17, 15) is 5.11 Å². The van der Waals surface area contributed by atoms with Crippen molar-refractivity contribution in [2.24, 2.45) is 0 Å². The molecule has 1 aliphatic rings. The molecular formula is C11H14O. The number of benzene rings is 1. The van der Waals surface area contributed by atoms with Crippen LogP contribution in [0.25, 0.3) is 0 Å². The van der Waals surface area contributed by atoms with Crippen LogP contribution in [0.3, 0.4) is 0 Å². The van der Waals surface area contributed by atoms with E-state index in [1.54, 1.807) is 0 Å². The molecular weight excluding hydrogens is 148 g/mol. The number of rotatable bonds is 1. The third-order valence-corrected chi connectivity index (χ3v) is 3.15. The lowest BCUT2D eigenvalue weighted by Crippen LogP contribution is -2.41. The van der Waals surface area contributed by atoms with Gasteiger partial charge in [-0.25, -0.2) is 0 Å². The lowest BCUT2D eigenvalue weighted by atomic mass is 9.64. The first-order valence-electron chi connectivity index (χ1n) is 4.52. The maximum absolute atomic E-state index is 10.1. The van der Waals surface area contributed by atoms with Gasteiger partial charge < -0.3 is 5.11 Å². The van der Waals surface area contributed by atoms with Crippen LogP contribution in [0.5, 0.6) is 0 Å². The summed E-state index contributed by atoms with van der Waals surface area (Å²) in [6.45, 7) is 4.12. The fourth-order valence-corrected chi connectivity index (χ4v) is 2.18. The van der Waals surface area contributed by atoms with Crippen LogP contribution in [0.4, 0.5) is 0 Å². The van der Waals surface area contributed by atoms with Gasteiger partial charge in [-0.05, 0) is 17.5 Å². The minimum absolute atomic E-state index is 0.304. The van der Waals surface area contributed by atoms with Crippen molar-refractivity contribution in [2.75, 3.05) is 0 Å². The second-order valence-corrected chi connectivity index (χ2v) is 3.59. The zero-order chi connectivity index (χ0) is 8.77. The Bertz CT molecular complexity index is 306. The SMILES string of the molecule is CC[C@@]1(O)c2ccccc2[C@H]1C. The van der Waals surface area contributed by atoms with Gasteiger partial charge in [-0.3, -0.25) is 0 Å².